The van der Waals surface area contributed by atoms with E-state index in [9.17, 15) is 5.11 Å². The number of phenolic OH excluding ortho intramolecular Hbond substituents is 1. The summed E-state index contributed by atoms with van der Waals surface area (Å²) < 4.78 is 0. The summed E-state index contributed by atoms with van der Waals surface area (Å²) in [6, 6.07) is 21.3. The summed E-state index contributed by atoms with van der Waals surface area (Å²) in [6.07, 6.45) is 4.91. The van der Waals surface area contributed by atoms with Gasteiger partial charge >= 0.3 is 0 Å². The number of rotatable bonds is 7. The van der Waals surface area contributed by atoms with Gasteiger partial charge in [0.15, 0.2) is 0 Å². The van der Waals surface area contributed by atoms with E-state index in [4.69, 9.17) is 0 Å². The standard InChI is InChI=1S/C26H31N3O/c1-20-18-27-14-15-29(20)19-22-5-2-6-23(16-22)24-12-13-28-25(17-24)7-3-4-21-8-10-26(30)11-9-21/h2,5-6,8-13,16-17,20,27,30H,3-4,7,14-15,18-19H2,1H3/t20-/m0/s1. The molecule has 0 spiro atoms. The van der Waals surface area contributed by atoms with Crippen LogP contribution in [0, 0.1) is 0 Å². The Hall–Kier alpha value is -2.69. The van der Waals surface area contributed by atoms with E-state index in [1.165, 1.54) is 22.3 Å². The number of nitrogens with zero attached hydrogens (tertiary/aromatic N) is 2. The Morgan fingerprint density at radius 3 is 2.67 bits per heavy atom. The molecule has 4 heteroatoms. The number of nitrogens with one attached hydrogen (secondary N) is 1. The van der Waals surface area contributed by atoms with Gasteiger partial charge in [-0.1, -0.05) is 30.3 Å². The number of pyridine rings is 1. The zero-order valence-corrected chi connectivity index (χ0v) is 17.7. The summed E-state index contributed by atoms with van der Waals surface area (Å²) in [6.45, 7) is 6.54. The van der Waals surface area contributed by atoms with Gasteiger partial charge in [-0.25, -0.2) is 0 Å². The summed E-state index contributed by atoms with van der Waals surface area (Å²) >= 11 is 0. The highest BCUT2D eigenvalue weighted by molar-refractivity contribution is 5.64. The van der Waals surface area contributed by atoms with E-state index < -0.39 is 0 Å². The van der Waals surface area contributed by atoms with E-state index in [-0.39, 0.29) is 0 Å². The molecule has 1 aliphatic rings. The van der Waals surface area contributed by atoms with E-state index in [0.717, 1.165) is 51.1 Å². The van der Waals surface area contributed by atoms with Crippen molar-refractivity contribution in [3.63, 3.8) is 0 Å². The summed E-state index contributed by atoms with van der Waals surface area (Å²) in [5.74, 6) is 0.321. The van der Waals surface area contributed by atoms with E-state index in [1.807, 2.05) is 18.3 Å². The van der Waals surface area contributed by atoms with Gasteiger partial charge in [-0.05, 0) is 78.8 Å². The minimum absolute atomic E-state index is 0.321. The van der Waals surface area contributed by atoms with E-state index in [1.54, 1.807) is 12.1 Å². The quantitative estimate of drug-likeness (QED) is 0.615. The van der Waals surface area contributed by atoms with Crippen molar-refractivity contribution >= 4 is 0 Å². The largest absolute Gasteiger partial charge is 0.508 e. The number of hydrogen-bond acceptors (Lipinski definition) is 4. The molecule has 2 heterocycles. The number of aryl methyl sites for hydroxylation is 2. The van der Waals surface area contributed by atoms with Gasteiger partial charge in [-0.2, -0.15) is 0 Å². The van der Waals surface area contributed by atoms with Crippen molar-refractivity contribution in [2.45, 2.75) is 38.8 Å². The van der Waals surface area contributed by atoms with Crippen molar-refractivity contribution in [3.05, 3.63) is 83.7 Å². The average molecular weight is 402 g/mol. The fourth-order valence-corrected chi connectivity index (χ4v) is 4.13. The molecule has 1 aromatic heterocycles. The normalized spacial score (nSPS) is 17.2. The van der Waals surface area contributed by atoms with Gasteiger partial charge in [0, 0.05) is 44.1 Å². The fraction of sp³-hybridized carbons (Fsp3) is 0.346. The smallest absolute Gasteiger partial charge is 0.115 e. The van der Waals surface area contributed by atoms with Crippen molar-refractivity contribution in [2.75, 3.05) is 19.6 Å². The molecule has 156 valence electrons. The second kappa shape index (κ2) is 9.88. The van der Waals surface area contributed by atoms with Gasteiger partial charge in [0.05, 0.1) is 0 Å². The summed E-state index contributed by atoms with van der Waals surface area (Å²) in [5.41, 5.74) is 6.25. The molecule has 1 saturated heterocycles. The zero-order chi connectivity index (χ0) is 20.8. The molecule has 0 amide bonds. The molecule has 30 heavy (non-hydrogen) atoms. The van der Waals surface area contributed by atoms with Crippen LogP contribution in [0.3, 0.4) is 0 Å². The van der Waals surface area contributed by atoms with Crippen LogP contribution in [0.2, 0.25) is 0 Å². The van der Waals surface area contributed by atoms with Crippen molar-refractivity contribution in [1.82, 2.24) is 15.2 Å². The van der Waals surface area contributed by atoms with Crippen molar-refractivity contribution in [2.24, 2.45) is 0 Å². The molecule has 1 atom stereocenters. The topological polar surface area (TPSA) is 48.4 Å². The first-order valence-corrected chi connectivity index (χ1v) is 10.9. The lowest BCUT2D eigenvalue weighted by molar-refractivity contribution is 0.165. The number of aromatic hydroxyl groups is 1. The molecule has 0 aliphatic carbocycles. The second-order valence-corrected chi connectivity index (χ2v) is 8.28. The minimum atomic E-state index is 0.321. The van der Waals surface area contributed by atoms with Crippen molar-refractivity contribution < 1.29 is 5.11 Å². The number of phenols is 1. The lowest BCUT2D eigenvalue weighted by atomic mass is 10.0. The molecule has 2 aromatic carbocycles. The lowest BCUT2D eigenvalue weighted by Gasteiger charge is -2.34. The third kappa shape index (κ3) is 5.47. The molecule has 4 nitrogen and oxygen atoms in total. The van der Waals surface area contributed by atoms with Gasteiger partial charge in [0.1, 0.15) is 5.75 Å². The highest BCUT2D eigenvalue weighted by Gasteiger charge is 2.17. The monoisotopic (exact) mass is 401 g/mol. The van der Waals surface area contributed by atoms with Crippen LogP contribution >= 0.6 is 0 Å². The summed E-state index contributed by atoms with van der Waals surface area (Å²) in [7, 11) is 0. The van der Waals surface area contributed by atoms with Crippen LogP contribution in [-0.4, -0.2) is 40.7 Å². The third-order valence-electron chi connectivity index (χ3n) is 5.94. The molecule has 0 unspecified atom stereocenters. The number of benzene rings is 2. The molecular formula is C26H31N3O. The molecule has 3 aromatic rings. The lowest BCUT2D eigenvalue weighted by Crippen LogP contribution is -2.49. The molecule has 0 bridgehead atoms. The molecule has 4 rings (SSSR count). The van der Waals surface area contributed by atoms with Crippen LogP contribution in [0.5, 0.6) is 5.75 Å². The van der Waals surface area contributed by atoms with Gasteiger partial charge < -0.3 is 10.4 Å². The SMILES string of the molecule is C[C@H]1CNCCN1Cc1cccc(-c2ccnc(CCCc3ccc(O)cc3)c2)c1. The van der Waals surface area contributed by atoms with Crippen LogP contribution in [0.15, 0.2) is 66.9 Å². The van der Waals surface area contributed by atoms with Crippen molar-refractivity contribution in [3.8, 4) is 16.9 Å². The Morgan fingerprint density at radius 1 is 1.00 bits per heavy atom. The first kappa shape index (κ1) is 20.6. The second-order valence-electron chi connectivity index (χ2n) is 8.28. The van der Waals surface area contributed by atoms with Crippen molar-refractivity contribution in [1.29, 1.82) is 0 Å². The minimum Gasteiger partial charge on any atom is -0.508 e. The van der Waals surface area contributed by atoms with Gasteiger partial charge in [-0.3, -0.25) is 9.88 Å². The predicted molar refractivity (Wildman–Crippen MR) is 123 cm³/mol. The predicted octanol–water partition coefficient (Wildman–Crippen LogP) is 4.42. The number of hydrogen-bond donors (Lipinski definition) is 2. The molecule has 2 N–H and O–H groups in total. The highest BCUT2D eigenvalue weighted by atomic mass is 16.3. The van der Waals surface area contributed by atoms with Gasteiger partial charge in [0.25, 0.3) is 0 Å². The van der Waals surface area contributed by atoms with Crippen LogP contribution in [-0.2, 0) is 19.4 Å². The summed E-state index contributed by atoms with van der Waals surface area (Å²) in [4.78, 5) is 7.13. The first-order valence-electron chi connectivity index (χ1n) is 10.9. The zero-order valence-electron chi connectivity index (χ0n) is 17.7. The van der Waals surface area contributed by atoms with Crippen LogP contribution < -0.4 is 5.32 Å². The summed E-state index contributed by atoms with van der Waals surface area (Å²) in [5, 5.41) is 12.9. The fourth-order valence-electron chi connectivity index (χ4n) is 4.13. The Labute approximate surface area is 179 Å². The number of aromatic nitrogens is 1. The Balaban J connectivity index is 1.39. The molecule has 1 aliphatic heterocycles. The Bertz CT molecular complexity index is 955. The molecule has 0 saturated carbocycles. The Morgan fingerprint density at radius 2 is 1.83 bits per heavy atom. The number of piperazine rings is 1. The van der Waals surface area contributed by atoms with E-state index in [2.05, 4.69) is 58.5 Å². The maximum absolute atomic E-state index is 9.41. The maximum Gasteiger partial charge on any atom is 0.115 e. The maximum atomic E-state index is 9.41. The van der Waals surface area contributed by atoms with Gasteiger partial charge in [-0.15, -0.1) is 0 Å². The molecule has 0 radical (unpaired) electrons. The highest BCUT2D eigenvalue weighted by Crippen LogP contribution is 2.23. The first-order chi connectivity index (χ1) is 14.7. The van der Waals surface area contributed by atoms with E-state index >= 15 is 0 Å². The van der Waals surface area contributed by atoms with Gasteiger partial charge in [0.2, 0.25) is 0 Å². The Kier molecular flexibility index (Phi) is 6.77. The van der Waals surface area contributed by atoms with Crippen LogP contribution in [0.4, 0.5) is 0 Å². The average Bonchev–Trinajstić information content (AvgIpc) is 2.77. The third-order valence-corrected chi connectivity index (χ3v) is 5.94. The van der Waals surface area contributed by atoms with Crippen LogP contribution in [0.1, 0.15) is 30.2 Å². The molecule has 1 fully saturated rings. The van der Waals surface area contributed by atoms with E-state index in [0.29, 0.717) is 11.8 Å². The van der Waals surface area contributed by atoms with Crippen LogP contribution in [0.25, 0.3) is 11.1 Å². The molecular weight excluding hydrogens is 370 g/mol.